The molecule has 0 heterocycles. The second kappa shape index (κ2) is 8.97. The van der Waals surface area contributed by atoms with Gasteiger partial charge in [-0.1, -0.05) is 18.2 Å². The molecule has 0 aliphatic carbocycles. The predicted octanol–water partition coefficient (Wildman–Crippen LogP) is 3.52. The maximum atomic E-state index is 12.3. The summed E-state index contributed by atoms with van der Waals surface area (Å²) in [5.74, 6) is 2.05. The van der Waals surface area contributed by atoms with E-state index in [4.69, 9.17) is 14.2 Å². The molecule has 0 unspecified atom stereocenters. The Morgan fingerprint density at radius 2 is 1.72 bits per heavy atom. The van der Waals surface area contributed by atoms with Crippen molar-refractivity contribution in [2.24, 2.45) is 0 Å². The fraction of sp³-hybridized carbons (Fsp3) is 0.350. The van der Waals surface area contributed by atoms with Crippen LogP contribution in [0.5, 0.6) is 17.2 Å². The van der Waals surface area contributed by atoms with Crippen LogP contribution in [0.15, 0.2) is 42.5 Å². The molecule has 0 radical (unpaired) electrons. The molecular formula is C20H25NO4. The number of benzene rings is 2. The third-order valence-corrected chi connectivity index (χ3v) is 3.88. The lowest BCUT2D eigenvalue weighted by Gasteiger charge is -2.15. The Kier molecular flexibility index (Phi) is 6.69. The topological polar surface area (TPSA) is 56.8 Å². The Labute approximate surface area is 148 Å². The summed E-state index contributed by atoms with van der Waals surface area (Å²) in [7, 11) is 3.17. The molecule has 5 nitrogen and oxygen atoms in total. The van der Waals surface area contributed by atoms with Gasteiger partial charge in [0.05, 0.1) is 33.3 Å². The highest BCUT2D eigenvalue weighted by molar-refractivity contribution is 5.79. The number of rotatable bonds is 8. The fourth-order valence-corrected chi connectivity index (χ4v) is 2.57. The molecule has 0 bridgehead atoms. The van der Waals surface area contributed by atoms with Gasteiger partial charge in [-0.05, 0) is 49.2 Å². The van der Waals surface area contributed by atoms with Crippen molar-refractivity contribution in [2.75, 3.05) is 20.8 Å². The molecule has 0 spiro atoms. The third kappa shape index (κ3) is 5.14. The molecular weight excluding hydrogens is 318 g/mol. The van der Waals surface area contributed by atoms with Crippen LogP contribution in [0.1, 0.15) is 31.0 Å². The van der Waals surface area contributed by atoms with Crippen molar-refractivity contribution in [1.82, 2.24) is 5.32 Å². The van der Waals surface area contributed by atoms with E-state index in [1.54, 1.807) is 20.3 Å². The molecule has 2 rings (SSSR count). The first-order chi connectivity index (χ1) is 12.1. The summed E-state index contributed by atoms with van der Waals surface area (Å²) in [6.45, 7) is 4.55. The van der Waals surface area contributed by atoms with Crippen molar-refractivity contribution in [3.05, 3.63) is 53.6 Å². The van der Waals surface area contributed by atoms with E-state index >= 15 is 0 Å². The molecule has 2 aromatic carbocycles. The molecule has 0 saturated heterocycles. The van der Waals surface area contributed by atoms with Crippen LogP contribution in [0.3, 0.4) is 0 Å². The van der Waals surface area contributed by atoms with E-state index in [1.165, 1.54) is 0 Å². The lowest BCUT2D eigenvalue weighted by atomic mass is 10.1. The second-order valence-corrected chi connectivity index (χ2v) is 5.66. The number of carbonyl (C=O) groups is 1. The minimum Gasteiger partial charge on any atom is -0.494 e. The van der Waals surface area contributed by atoms with Gasteiger partial charge in [0.25, 0.3) is 0 Å². The number of nitrogens with one attached hydrogen (secondary N) is 1. The van der Waals surface area contributed by atoms with Crippen LogP contribution >= 0.6 is 0 Å². The molecule has 1 amide bonds. The van der Waals surface area contributed by atoms with Crippen molar-refractivity contribution in [3.63, 3.8) is 0 Å². The molecule has 25 heavy (non-hydrogen) atoms. The van der Waals surface area contributed by atoms with Crippen LogP contribution in [0.2, 0.25) is 0 Å². The van der Waals surface area contributed by atoms with Crippen LogP contribution in [0.25, 0.3) is 0 Å². The Hall–Kier alpha value is -2.69. The quantitative estimate of drug-likeness (QED) is 0.797. The molecule has 1 N–H and O–H groups in total. The number of carbonyl (C=O) groups excluding carboxylic acids is 1. The Bertz CT molecular complexity index is 697. The highest BCUT2D eigenvalue weighted by Crippen LogP contribution is 2.27. The van der Waals surface area contributed by atoms with E-state index in [9.17, 15) is 4.79 Å². The van der Waals surface area contributed by atoms with Gasteiger partial charge < -0.3 is 19.5 Å². The average molecular weight is 343 g/mol. The maximum Gasteiger partial charge on any atom is 0.224 e. The first-order valence-corrected chi connectivity index (χ1v) is 8.30. The van der Waals surface area contributed by atoms with Crippen molar-refractivity contribution in [1.29, 1.82) is 0 Å². The molecule has 0 saturated carbocycles. The molecule has 0 aliphatic rings. The van der Waals surface area contributed by atoms with E-state index < -0.39 is 0 Å². The highest BCUT2D eigenvalue weighted by Gasteiger charge is 2.12. The van der Waals surface area contributed by atoms with E-state index in [0.29, 0.717) is 18.1 Å². The van der Waals surface area contributed by atoms with Gasteiger partial charge in [0.15, 0.2) is 11.5 Å². The molecule has 0 aliphatic heterocycles. The standard InChI is InChI=1S/C20H25NO4/c1-5-25-17-9-7-16(8-10-17)14(2)21-20(22)13-15-6-11-18(23-3)19(12-15)24-4/h6-12,14H,5,13H2,1-4H3,(H,21,22)/t14-/m0/s1. The summed E-state index contributed by atoms with van der Waals surface area (Å²) >= 11 is 0. The zero-order valence-electron chi connectivity index (χ0n) is 15.2. The van der Waals surface area contributed by atoms with Crippen molar-refractivity contribution in [3.8, 4) is 17.2 Å². The minimum absolute atomic E-state index is 0.0476. The van der Waals surface area contributed by atoms with Gasteiger partial charge in [0, 0.05) is 0 Å². The van der Waals surface area contributed by atoms with Crippen LogP contribution in [0.4, 0.5) is 0 Å². The molecule has 2 aromatic rings. The summed E-state index contributed by atoms with van der Waals surface area (Å²) in [4.78, 5) is 12.3. The number of ether oxygens (including phenoxy) is 3. The first kappa shape index (κ1) is 18.6. The van der Waals surface area contributed by atoms with Gasteiger partial charge in [0.1, 0.15) is 5.75 Å². The average Bonchev–Trinajstić information content (AvgIpc) is 2.62. The lowest BCUT2D eigenvalue weighted by Crippen LogP contribution is -2.28. The Morgan fingerprint density at radius 1 is 1.04 bits per heavy atom. The normalized spacial score (nSPS) is 11.5. The van der Waals surface area contributed by atoms with Gasteiger partial charge >= 0.3 is 0 Å². The van der Waals surface area contributed by atoms with Gasteiger partial charge in [0.2, 0.25) is 5.91 Å². The summed E-state index contributed by atoms with van der Waals surface area (Å²) in [5.41, 5.74) is 1.90. The summed E-state index contributed by atoms with van der Waals surface area (Å²) < 4.78 is 15.9. The first-order valence-electron chi connectivity index (χ1n) is 8.30. The summed E-state index contributed by atoms with van der Waals surface area (Å²) in [6, 6.07) is 13.2. The lowest BCUT2D eigenvalue weighted by molar-refractivity contribution is -0.121. The van der Waals surface area contributed by atoms with E-state index in [2.05, 4.69) is 5.32 Å². The Balaban J connectivity index is 1.97. The molecule has 1 atom stereocenters. The van der Waals surface area contributed by atoms with Crippen molar-refractivity contribution < 1.29 is 19.0 Å². The van der Waals surface area contributed by atoms with E-state index in [1.807, 2.05) is 50.2 Å². The second-order valence-electron chi connectivity index (χ2n) is 5.66. The van der Waals surface area contributed by atoms with Crippen LogP contribution < -0.4 is 19.5 Å². The number of hydrogen-bond donors (Lipinski definition) is 1. The predicted molar refractivity (Wildman–Crippen MR) is 97.4 cm³/mol. The molecule has 0 fully saturated rings. The highest BCUT2D eigenvalue weighted by atomic mass is 16.5. The SMILES string of the molecule is CCOc1ccc([C@H](C)NC(=O)Cc2ccc(OC)c(OC)c2)cc1. The number of amides is 1. The van der Waals surface area contributed by atoms with E-state index in [-0.39, 0.29) is 18.4 Å². The Morgan fingerprint density at radius 3 is 2.32 bits per heavy atom. The zero-order chi connectivity index (χ0) is 18.2. The molecule has 0 aromatic heterocycles. The fourth-order valence-electron chi connectivity index (χ4n) is 2.57. The summed E-state index contributed by atoms with van der Waals surface area (Å²) in [5, 5.41) is 3.01. The molecule has 5 heteroatoms. The van der Waals surface area contributed by atoms with Crippen molar-refractivity contribution >= 4 is 5.91 Å². The third-order valence-electron chi connectivity index (χ3n) is 3.88. The van der Waals surface area contributed by atoms with Crippen LogP contribution in [-0.4, -0.2) is 26.7 Å². The zero-order valence-corrected chi connectivity index (χ0v) is 15.2. The molecule has 134 valence electrons. The largest absolute Gasteiger partial charge is 0.494 e. The van der Waals surface area contributed by atoms with Gasteiger partial charge in [-0.15, -0.1) is 0 Å². The smallest absolute Gasteiger partial charge is 0.224 e. The maximum absolute atomic E-state index is 12.3. The van der Waals surface area contributed by atoms with Crippen LogP contribution in [-0.2, 0) is 11.2 Å². The van der Waals surface area contributed by atoms with Gasteiger partial charge in [-0.2, -0.15) is 0 Å². The number of methoxy groups -OCH3 is 2. The van der Waals surface area contributed by atoms with Gasteiger partial charge in [-0.25, -0.2) is 0 Å². The summed E-state index contributed by atoms with van der Waals surface area (Å²) in [6.07, 6.45) is 0.279. The number of hydrogen-bond acceptors (Lipinski definition) is 4. The monoisotopic (exact) mass is 343 g/mol. The minimum atomic E-state index is -0.0803. The van der Waals surface area contributed by atoms with E-state index in [0.717, 1.165) is 16.9 Å². The van der Waals surface area contributed by atoms with Crippen molar-refractivity contribution in [2.45, 2.75) is 26.3 Å². The van der Waals surface area contributed by atoms with Crippen LogP contribution in [0, 0.1) is 0 Å². The van der Waals surface area contributed by atoms with Gasteiger partial charge in [-0.3, -0.25) is 4.79 Å².